The maximum absolute atomic E-state index is 13.8. The fourth-order valence-electron chi connectivity index (χ4n) is 2.75. The number of halogens is 5. The van der Waals surface area contributed by atoms with Crippen molar-refractivity contribution >= 4 is 15.8 Å². The molecule has 160 valence electrons. The smallest absolute Gasteiger partial charge is 0.339 e. The van der Waals surface area contributed by atoms with E-state index in [-0.39, 0.29) is 12.4 Å². The monoisotopic (exact) mass is 447 g/mol. The minimum Gasteiger partial charge on any atom is -0.489 e. The predicted octanol–water partition coefficient (Wildman–Crippen LogP) is 4.44. The molecule has 2 aromatic rings. The molecule has 5 nitrogen and oxygen atoms in total. The second-order valence-electron chi connectivity index (χ2n) is 6.06. The van der Waals surface area contributed by atoms with Crippen molar-refractivity contribution in [3.63, 3.8) is 0 Å². The number of rotatable bonds is 5. The van der Waals surface area contributed by atoms with E-state index < -0.39 is 49.8 Å². The normalized spacial score (nSPS) is 13.9. The van der Waals surface area contributed by atoms with E-state index in [1.165, 1.54) is 6.07 Å². The number of ether oxygens (including phenoxy) is 1. The molecule has 1 heterocycles. The third-order valence-electron chi connectivity index (χ3n) is 4.15. The SMILES string of the molecule is C=C(C=CC)N1CCOc2cc(S(=O)(=O)Oc3c(F)c(F)c(F)c(F)c3F)ccc21. The second kappa shape index (κ2) is 7.98. The molecule has 0 spiro atoms. The summed E-state index contributed by atoms with van der Waals surface area (Å²) in [6.07, 6.45) is 3.49. The fraction of sp³-hybridized carbons (Fsp3) is 0.158. The van der Waals surface area contributed by atoms with Crippen molar-refractivity contribution in [1.82, 2.24) is 0 Å². The molecule has 30 heavy (non-hydrogen) atoms. The molecule has 1 aliphatic rings. The van der Waals surface area contributed by atoms with Crippen LogP contribution in [-0.2, 0) is 10.1 Å². The summed E-state index contributed by atoms with van der Waals surface area (Å²) in [6, 6.07) is 3.41. The van der Waals surface area contributed by atoms with Crippen LogP contribution in [0.2, 0.25) is 0 Å². The van der Waals surface area contributed by atoms with Gasteiger partial charge >= 0.3 is 10.1 Å². The van der Waals surface area contributed by atoms with Crippen molar-refractivity contribution in [2.24, 2.45) is 0 Å². The van der Waals surface area contributed by atoms with E-state index >= 15 is 0 Å². The van der Waals surface area contributed by atoms with Crippen LogP contribution in [0.15, 0.2) is 47.5 Å². The molecule has 11 heteroatoms. The Morgan fingerprint density at radius 3 is 2.30 bits per heavy atom. The third kappa shape index (κ3) is 3.72. The van der Waals surface area contributed by atoms with Crippen molar-refractivity contribution in [2.75, 3.05) is 18.1 Å². The van der Waals surface area contributed by atoms with E-state index in [0.29, 0.717) is 17.9 Å². The summed E-state index contributed by atoms with van der Waals surface area (Å²) in [7, 11) is -4.96. The van der Waals surface area contributed by atoms with Crippen molar-refractivity contribution in [3.8, 4) is 11.5 Å². The van der Waals surface area contributed by atoms with Crippen LogP contribution in [0.4, 0.5) is 27.6 Å². The first kappa shape index (κ1) is 21.6. The molecule has 2 aromatic carbocycles. The summed E-state index contributed by atoms with van der Waals surface area (Å²) >= 11 is 0. The number of hydrogen-bond donors (Lipinski definition) is 0. The first-order chi connectivity index (χ1) is 14.1. The number of fused-ring (bicyclic) bond motifs is 1. The highest BCUT2D eigenvalue weighted by Gasteiger charge is 2.32. The summed E-state index contributed by atoms with van der Waals surface area (Å²) in [5, 5.41) is 0. The number of benzene rings is 2. The van der Waals surface area contributed by atoms with Gasteiger partial charge in [0.05, 0.1) is 12.2 Å². The highest BCUT2D eigenvalue weighted by atomic mass is 32.2. The molecule has 0 amide bonds. The molecule has 0 bridgehead atoms. The summed E-state index contributed by atoms with van der Waals surface area (Å²) < 4.78 is 102. The summed E-state index contributed by atoms with van der Waals surface area (Å²) in [6.45, 7) is 6.30. The highest BCUT2D eigenvalue weighted by molar-refractivity contribution is 7.87. The van der Waals surface area contributed by atoms with Gasteiger partial charge in [0, 0.05) is 11.8 Å². The van der Waals surface area contributed by atoms with Crippen molar-refractivity contribution < 1.29 is 39.3 Å². The number of hydrogen-bond acceptors (Lipinski definition) is 5. The van der Waals surface area contributed by atoms with Crippen LogP contribution in [-0.4, -0.2) is 21.6 Å². The average molecular weight is 447 g/mol. The molecular weight excluding hydrogens is 433 g/mol. The van der Waals surface area contributed by atoms with E-state index in [1.54, 1.807) is 24.0 Å². The van der Waals surface area contributed by atoms with Crippen LogP contribution >= 0.6 is 0 Å². The molecule has 0 unspecified atom stereocenters. The van der Waals surface area contributed by atoms with Gasteiger partial charge in [0.25, 0.3) is 0 Å². The quantitative estimate of drug-likeness (QED) is 0.223. The molecule has 0 aliphatic carbocycles. The lowest BCUT2D eigenvalue weighted by atomic mass is 10.2. The first-order valence-electron chi connectivity index (χ1n) is 8.40. The number of nitrogens with zero attached hydrogens (tertiary/aromatic N) is 1. The van der Waals surface area contributed by atoms with E-state index in [9.17, 15) is 30.4 Å². The van der Waals surface area contributed by atoms with Crippen LogP contribution < -0.4 is 13.8 Å². The molecule has 0 fully saturated rings. The Hall–Kier alpha value is -3.08. The van der Waals surface area contributed by atoms with Gasteiger partial charge in [-0.3, -0.25) is 0 Å². The lowest BCUT2D eigenvalue weighted by molar-refractivity contribution is 0.311. The van der Waals surface area contributed by atoms with Crippen LogP contribution in [0.25, 0.3) is 0 Å². The van der Waals surface area contributed by atoms with Gasteiger partial charge in [-0.05, 0) is 25.1 Å². The second-order valence-corrected chi connectivity index (χ2v) is 7.60. The molecular formula is C19H14F5NO4S. The Morgan fingerprint density at radius 2 is 1.70 bits per heavy atom. The Morgan fingerprint density at radius 1 is 1.10 bits per heavy atom. The Kier molecular flexibility index (Phi) is 5.75. The number of anilines is 1. The minimum atomic E-state index is -4.96. The van der Waals surface area contributed by atoms with Gasteiger partial charge in [0.1, 0.15) is 17.3 Å². The van der Waals surface area contributed by atoms with E-state index in [1.807, 2.05) is 0 Å². The lowest BCUT2D eigenvalue weighted by Crippen LogP contribution is -2.31. The van der Waals surface area contributed by atoms with Gasteiger partial charge in [-0.1, -0.05) is 12.7 Å². The van der Waals surface area contributed by atoms with Gasteiger partial charge in [0.2, 0.25) is 34.8 Å². The zero-order valence-corrected chi connectivity index (χ0v) is 16.2. The van der Waals surface area contributed by atoms with Crippen molar-refractivity contribution in [3.05, 3.63) is 71.7 Å². The number of allylic oxidation sites excluding steroid dienone is 2. The van der Waals surface area contributed by atoms with Crippen LogP contribution in [0, 0.1) is 29.1 Å². The van der Waals surface area contributed by atoms with Gasteiger partial charge in [0.15, 0.2) is 0 Å². The minimum absolute atomic E-state index is 0.106. The van der Waals surface area contributed by atoms with Gasteiger partial charge in [-0.25, -0.2) is 13.2 Å². The Balaban J connectivity index is 2.00. The lowest BCUT2D eigenvalue weighted by Gasteiger charge is -2.31. The highest BCUT2D eigenvalue weighted by Crippen LogP contribution is 2.37. The molecule has 0 N–H and O–H groups in total. The van der Waals surface area contributed by atoms with Crippen LogP contribution in [0.3, 0.4) is 0 Å². The molecule has 0 saturated heterocycles. The summed E-state index contributed by atoms with van der Waals surface area (Å²) in [4.78, 5) is 1.14. The topological polar surface area (TPSA) is 55.8 Å². The Labute approximate surface area is 168 Å². The Bertz CT molecular complexity index is 1130. The molecule has 1 aliphatic heterocycles. The molecule has 0 radical (unpaired) electrons. The van der Waals surface area contributed by atoms with Gasteiger partial charge in [-0.2, -0.15) is 17.2 Å². The van der Waals surface area contributed by atoms with E-state index in [4.69, 9.17) is 4.74 Å². The summed E-state index contributed by atoms with van der Waals surface area (Å²) in [5.41, 5.74) is 1.08. The van der Waals surface area contributed by atoms with Crippen LogP contribution in [0.5, 0.6) is 11.5 Å². The summed E-state index contributed by atoms with van der Waals surface area (Å²) in [5.74, 6) is -13.7. The zero-order valence-electron chi connectivity index (χ0n) is 15.4. The maximum atomic E-state index is 13.8. The van der Waals surface area contributed by atoms with Crippen LogP contribution in [0.1, 0.15) is 6.92 Å². The molecule has 0 atom stereocenters. The fourth-order valence-corrected chi connectivity index (χ4v) is 3.70. The zero-order chi connectivity index (χ0) is 22.2. The largest absolute Gasteiger partial charge is 0.489 e. The van der Waals surface area contributed by atoms with E-state index in [0.717, 1.165) is 12.1 Å². The standard InChI is InChI=1S/C19H14F5NO4S/c1-3-4-10(2)25-7-8-28-13-9-11(5-6-12(13)25)30(26,27)29-19-17(23)15(21)14(20)16(22)18(19)24/h3-6,9H,2,7-8H2,1H3. The maximum Gasteiger partial charge on any atom is 0.339 e. The average Bonchev–Trinajstić information content (AvgIpc) is 2.73. The van der Waals surface area contributed by atoms with Gasteiger partial charge < -0.3 is 13.8 Å². The molecule has 0 aromatic heterocycles. The van der Waals surface area contributed by atoms with Gasteiger partial charge in [-0.15, -0.1) is 0 Å². The molecule has 3 rings (SSSR count). The third-order valence-corrected chi connectivity index (χ3v) is 5.37. The predicted molar refractivity (Wildman–Crippen MR) is 97.3 cm³/mol. The van der Waals surface area contributed by atoms with E-state index in [2.05, 4.69) is 10.8 Å². The van der Waals surface area contributed by atoms with Crippen molar-refractivity contribution in [2.45, 2.75) is 11.8 Å². The van der Waals surface area contributed by atoms with Crippen molar-refractivity contribution in [1.29, 1.82) is 0 Å². The first-order valence-corrected chi connectivity index (χ1v) is 9.81. The molecule has 0 saturated carbocycles.